The maximum atomic E-state index is 12.9. The minimum absolute atomic E-state index is 0.0434. The van der Waals surface area contributed by atoms with E-state index in [1.807, 2.05) is 35.2 Å². The molecule has 1 N–H and O–H groups in total. The zero-order valence-corrected chi connectivity index (χ0v) is 19.1. The van der Waals surface area contributed by atoms with Gasteiger partial charge in [0, 0.05) is 29.7 Å². The highest BCUT2D eigenvalue weighted by molar-refractivity contribution is 7.13. The van der Waals surface area contributed by atoms with Crippen LogP contribution >= 0.6 is 22.9 Å². The number of ether oxygens (including phenoxy) is 1. The molecule has 0 saturated carbocycles. The van der Waals surface area contributed by atoms with E-state index in [4.69, 9.17) is 16.3 Å². The molecular formula is C23H23ClN4O3S. The van der Waals surface area contributed by atoms with E-state index in [1.54, 1.807) is 31.2 Å². The molecule has 7 nitrogen and oxygen atoms in total. The molecule has 9 heteroatoms. The Kier molecular flexibility index (Phi) is 7.02. The molecule has 1 fully saturated rings. The Morgan fingerprint density at radius 3 is 2.78 bits per heavy atom. The summed E-state index contributed by atoms with van der Waals surface area (Å²) in [6, 6.07) is 16.2. The summed E-state index contributed by atoms with van der Waals surface area (Å²) in [5, 5.41) is 12.7. The van der Waals surface area contributed by atoms with Gasteiger partial charge in [0.25, 0.3) is 11.8 Å². The SMILES string of the molecule is C[C@H](Oc1ccccc1)C(=O)N1CCC[C@@H](c2nnc(C(=O)Nc3cccc(Cl)c3)s2)C1. The van der Waals surface area contributed by atoms with Crippen LogP contribution in [0.4, 0.5) is 5.69 Å². The number of rotatable bonds is 6. The Bertz CT molecular complexity index is 1090. The molecule has 1 aliphatic rings. The number of piperidine rings is 1. The van der Waals surface area contributed by atoms with E-state index >= 15 is 0 Å². The van der Waals surface area contributed by atoms with Crippen LogP contribution in [0.1, 0.15) is 40.5 Å². The molecule has 0 unspecified atom stereocenters. The zero-order valence-electron chi connectivity index (χ0n) is 17.5. The summed E-state index contributed by atoms with van der Waals surface area (Å²) >= 11 is 7.23. The number of para-hydroxylation sites is 1. The highest BCUT2D eigenvalue weighted by Gasteiger charge is 2.30. The van der Waals surface area contributed by atoms with Crippen molar-refractivity contribution in [2.24, 2.45) is 0 Å². The third kappa shape index (κ3) is 5.44. The Morgan fingerprint density at radius 2 is 2.00 bits per heavy atom. The van der Waals surface area contributed by atoms with Gasteiger partial charge in [-0.25, -0.2) is 0 Å². The van der Waals surface area contributed by atoms with E-state index in [-0.39, 0.29) is 22.7 Å². The van der Waals surface area contributed by atoms with Gasteiger partial charge >= 0.3 is 0 Å². The first-order valence-corrected chi connectivity index (χ1v) is 11.6. The monoisotopic (exact) mass is 470 g/mol. The number of halogens is 1. The van der Waals surface area contributed by atoms with Crippen LogP contribution < -0.4 is 10.1 Å². The molecule has 0 aliphatic carbocycles. The highest BCUT2D eigenvalue weighted by atomic mass is 35.5. The minimum Gasteiger partial charge on any atom is -0.481 e. The molecule has 2 aromatic carbocycles. The average Bonchev–Trinajstić information content (AvgIpc) is 3.30. The van der Waals surface area contributed by atoms with E-state index < -0.39 is 6.10 Å². The van der Waals surface area contributed by atoms with Gasteiger partial charge in [-0.3, -0.25) is 9.59 Å². The molecule has 32 heavy (non-hydrogen) atoms. The number of anilines is 1. The summed E-state index contributed by atoms with van der Waals surface area (Å²) in [6.45, 7) is 2.98. The van der Waals surface area contributed by atoms with Gasteiger partial charge in [0.1, 0.15) is 10.8 Å². The number of hydrogen-bond donors (Lipinski definition) is 1. The summed E-state index contributed by atoms with van der Waals surface area (Å²) in [5.41, 5.74) is 0.598. The smallest absolute Gasteiger partial charge is 0.286 e. The van der Waals surface area contributed by atoms with Gasteiger partial charge in [0.15, 0.2) is 6.10 Å². The fourth-order valence-electron chi connectivity index (χ4n) is 3.63. The number of nitrogens with one attached hydrogen (secondary N) is 1. The minimum atomic E-state index is -0.579. The second kappa shape index (κ2) is 10.1. The van der Waals surface area contributed by atoms with E-state index in [0.717, 1.165) is 17.8 Å². The number of carbonyl (C=O) groups excluding carboxylic acids is 2. The lowest BCUT2D eigenvalue weighted by molar-refractivity contribution is -0.139. The Morgan fingerprint density at radius 1 is 1.19 bits per heavy atom. The predicted octanol–water partition coefficient (Wildman–Crippen LogP) is 4.62. The van der Waals surface area contributed by atoms with Gasteiger partial charge in [0.2, 0.25) is 5.01 Å². The van der Waals surface area contributed by atoms with Gasteiger partial charge < -0.3 is 15.0 Å². The second-order valence-electron chi connectivity index (χ2n) is 7.61. The largest absolute Gasteiger partial charge is 0.481 e. The molecule has 1 aromatic heterocycles. The molecule has 1 aliphatic heterocycles. The van der Waals surface area contributed by atoms with Crippen molar-refractivity contribution in [2.75, 3.05) is 18.4 Å². The molecule has 0 radical (unpaired) electrons. The normalized spacial score (nSPS) is 16.9. The fourth-order valence-corrected chi connectivity index (χ4v) is 4.69. The first-order valence-electron chi connectivity index (χ1n) is 10.4. The number of hydrogen-bond acceptors (Lipinski definition) is 6. The topological polar surface area (TPSA) is 84.4 Å². The van der Waals surface area contributed by atoms with Crippen molar-refractivity contribution >= 4 is 40.4 Å². The fraction of sp³-hybridized carbons (Fsp3) is 0.304. The molecule has 0 spiro atoms. The molecule has 2 heterocycles. The van der Waals surface area contributed by atoms with Gasteiger partial charge in [-0.2, -0.15) is 0 Å². The third-order valence-corrected chi connectivity index (χ3v) is 6.52. The second-order valence-corrected chi connectivity index (χ2v) is 9.05. The highest BCUT2D eigenvalue weighted by Crippen LogP contribution is 2.30. The van der Waals surface area contributed by atoms with Crippen LogP contribution in [-0.4, -0.2) is 46.1 Å². The van der Waals surface area contributed by atoms with Crippen molar-refractivity contribution in [3.8, 4) is 5.75 Å². The summed E-state index contributed by atoms with van der Waals surface area (Å²) in [6.07, 6.45) is 1.17. The van der Waals surface area contributed by atoms with Gasteiger partial charge in [0.05, 0.1) is 0 Å². The maximum Gasteiger partial charge on any atom is 0.286 e. The first kappa shape index (κ1) is 22.2. The van der Waals surface area contributed by atoms with Gasteiger partial charge in [-0.05, 0) is 50.1 Å². The van der Waals surface area contributed by atoms with Crippen molar-refractivity contribution in [3.05, 3.63) is 69.6 Å². The number of amides is 2. The van der Waals surface area contributed by atoms with E-state index in [0.29, 0.717) is 29.5 Å². The molecule has 3 aromatic rings. The zero-order chi connectivity index (χ0) is 22.5. The summed E-state index contributed by atoms with van der Waals surface area (Å²) in [5.74, 6) is 0.329. The van der Waals surface area contributed by atoms with Gasteiger partial charge in [-0.1, -0.05) is 47.2 Å². The first-order chi connectivity index (χ1) is 15.5. The standard InChI is InChI=1S/C23H23ClN4O3S/c1-15(31-19-10-3-2-4-11-19)23(30)28-12-6-7-16(14-28)21-26-27-22(32-21)20(29)25-18-9-5-8-17(24)13-18/h2-5,8-11,13,15-16H,6-7,12,14H2,1H3,(H,25,29)/t15-,16+/m0/s1. The van der Waals surface area contributed by atoms with Crippen LogP contribution in [0.2, 0.25) is 5.02 Å². The molecular weight excluding hydrogens is 448 g/mol. The third-order valence-electron chi connectivity index (χ3n) is 5.20. The average molecular weight is 471 g/mol. The van der Waals surface area contributed by atoms with E-state index in [2.05, 4.69) is 15.5 Å². The Balaban J connectivity index is 1.37. The van der Waals surface area contributed by atoms with Crippen molar-refractivity contribution in [2.45, 2.75) is 31.8 Å². The summed E-state index contributed by atoms with van der Waals surface area (Å²) in [4.78, 5) is 27.3. The molecule has 2 atom stereocenters. The van der Waals surface area contributed by atoms with E-state index in [1.165, 1.54) is 11.3 Å². The van der Waals surface area contributed by atoms with Crippen molar-refractivity contribution in [1.29, 1.82) is 0 Å². The lowest BCUT2D eigenvalue weighted by atomic mass is 9.98. The van der Waals surface area contributed by atoms with Gasteiger partial charge in [-0.15, -0.1) is 10.2 Å². The molecule has 166 valence electrons. The number of benzene rings is 2. The lowest BCUT2D eigenvalue weighted by Gasteiger charge is -2.33. The Labute approximate surface area is 195 Å². The van der Waals surface area contributed by atoms with Crippen LogP contribution in [0.15, 0.2) is 54.6 Å². The maximum absolute atomic E-state index is 12.9. The van der Waals surface area contributed by atoms with Crippen molar-refractivity contribution in [3.63, 3.8) is 0 Å². The molecule has 2 amide bonds. The van der Waals surface area contributed by atoms with Crippen LogP contribution in [0.3, 0.4) is 0 Å². The van der Waals surface area contributed by atoms with E-state index in [9.17, 15) is 9.59 Å². The van der Waals surface area contributed by atoms with Crippen LogP contribution in [0.25, 0.3) is 0 Å². The molecule has 0 bridgehead atoms. The molecule has 1 saturated heterocycles. The quantitative estimate of drug-likeness (QED) is 0.568. The number of nitrogens with zero attached hydrogens (tertiary/aromatic N) is 3. The van der Waals surface area contributed by atoms with Crippen LogP contribution in [-0.2, 0) is 4.79 Å². The molecule has 4 rings (SSSR count). The Hall–Kier alpha value is -2.97. The number of carbonyl (C=O) groups is 2. The summed E-state index contributed by atoms with van der Waals surface area (Å²) in [7, 11) is 0. The summed E-state index contributed by atoms with van der Waals surface area (Å²) < 4.78 is 5.79. The number of aromatic nitrogens is 2. The number of likely N-dealkylation sites (tertiary alicyclic amines) is 1. The predicted molar refractivity (Wildman–Crippen MR) is 124 cm³/mol. The van der Waals surface area contributed by atoms with Crippen LogP contribution in [0, 0.1) is 0 Å². The van der Waals surface area contributed by atoms with Crippen molar-refractivity contribution in [1.82, 2.24) is 15.1 Å². The van der Waals surface area contributed by atoms with Crippen LogP contribution in [0.5, 0.6) is 5.75 Å². The lowest BCUT2D eigenvalue weighted by Crippen LogP contribution is -2.45. The van der Waals surface area contributed by atoms with Crippen molar-refractivity contribution < 1.29 is 14.3 Å².